The van der Waals surface area contributed by atoms with Crippen LogP contribution in [0.15, 0.2) is 40.3 Å². The second-order valence-electron chi connectivity index (χ2n) is 4.47. The lowest BCUT2D eigenvalue weighted by Crippen LogP contribution is -2.47. The zero-order valence-electron chi connectivity index (χ0n) is 10.2. The molecular formula is C12H9Br5O4. The maximum Gasteiger partial charge on any atom is 0.209 e. The van der Waals surface area contributed by atoms with Crippen LogP contribution in [-0.4, -0.2) is 26.9 Å². The van der Waals surface area contributed by atoms with E-state index in [1.807, 2.05) is 0 Å². The first-order chi connectivity index (χ1) is 9.61. The van der Waals surface area contributed by atoms with E-state index in [0.29, 0.717) is 13.4 Å². The van der Waals surface area contributed by atoms with Crippen molar-refractivity contribution in [3.05, 3.63) is 40.3 Å². The lowest BCUT2D eigenvalue weighted by atomic mass is 10.0. The Morgan fingerprint density at radius 3 is 1.90 bits per heavy atom. The molecule has 2 unspecified atom stereocenters. The van der Waals surface area contributed by atoms with Gasteiger partial charge in [0.2, 0.25) is 11.6 Å². The summed E-state index contributed by atoms with van der Waals surface area (Å²) in [5, 5.41) is 31.2. The summed E-state index contributed by atoms with van der Waals surface area (Å²) in [4.78, 5) is 0. The minimum absolute atomic E-state index is 0.0443. The normalized spacial score (nSPS) is 34.0. The van der Waals surface area contributed by atoms with Crippen LogP contribution < -0.4 is 0 Å². The fourth-order valence-electron chi connectivity index (χ4n) is 1.84. The minimum atomic E-state index is -1.87. The predicted molar refractivity (Wildman–Crippen MR) is 97.7 cm³/mol. The van der Waals surface area contributed by atoms with Gasteiger partial charge in [0.25, 0.3) is 0 Å². The molecule has 3 N–H and O–H groups in total. The number of hydrogen-bond acceptors (Lipinski definition) is 4. The molecular weight excluding hydrogens is 608 g/mol. The first-order valence-electron chi connectivity index (χ1n) is 5.62. The molecule has 2 aliphatic carbocycles. The van der Waals surface area contributed by atoms with Crippen LogP contribution >= 0.6 is 79.6 Å². The quantitative estimate of drug-likeness (QED) is 0.386. The summed E-state index contributed by atoms with van der Waals surface area (Å²) in [6.07, 6.45) is 3.45. The SMILES string of the molecule is OC1=C(Br)C(O)(OC2(O)CC=C(Br)C(Br)=C2Br)CC=C1Br. The molecule has 0 bridgehead atoms. The minimum Gasteiger partial charge on any atom is -0.506 e. The number of rotatable bonds is 2. The molecule has 0 amide bonds. The summed E-state index contributed by atoms with van der Waals surface area (Å²) in [7, 11) is 0. The smallest absolute Gasteiger partial charge is 0.209 e. The molecule has 0 spiro atoms. The highest BCUT2D eigenvalue weighted by Gasteiger charge is 2.47. The van der Waals surface area contributed by atoms with Gasteiger partial charge in [0.05, 0.1) is 13.4 Å². The van der Waals surface area contributed by atoms with Gasteiger partial charge in [-0.3, -0.25) is 0 Å². The summed E-state index contributed by atoms with van der Waals surface area (Å²) < 4.78 is 7.72. The Kier molecular flexibility index (Phi) is 5.69. The van der Waals surface area contributed by atoms with Crippen LogP contribution in [0.2, 0.25) is 0 Å². The van der Waals surface area contributed by atoms with Gasteiger partial charge in [-0.05, 0) is 79.6 Å². The van der Waals surface area contributed by atoms with E-state index >= 15 is 0 Å². The topological polar surface area (TPSA) is 69.9 Å². The van der Waals surface area contributed by atoms with Crippen molar-refractivity contribution in [1.29, 1.82) is 0 Å². The molecule has 2 aliphatic rings. The Bertz CT molecular complexity index is 557. The van der Waals surface area contributed by atoms with E-state index in [-0.39, 0.29) is 23.1 Å². The number of halogens is 5. The van der Waals surface area contributed by atoms with Gasteiger partial charge in [-0.1, -0.05) is 12.2 Å². The maximum absolute atomic E-state index is 10.7. The van der Waals surface area contributed by atoms with E-state index in [2.05, 4.69) is 79.6 Å². The van der Waals surface area contributed by atoms with Gasteiger partial charge < -0.3 is 20.1 Å². The molecule has 0 aliphatic heterocycles. The predicted octanol–water partition coefficient (Wildman–Crippen LogP) is 4.91. The molecule has 0 saturated heterocycles. The number of hydrogen-bond donors (Lipinski definition) is 3. The monoisotopic (exact) mass is 612 g/mol. The molecule has 0 radical (unpaired) electrons. The second kappa shape index (κ2) is 6.51. The molecule has 2 atom stereocenters. The van der Waals surface area contributed by atoms with Crippen molar-refractivity contribution in [2.75, 3.05) is 0 Å². The first kappa shape index (κ1) is 18.4. The Morgan fingerprint density at radius 1 is 0.857 bits per heavy atom. The van der Waals surface area contributed by atoms with E-state index < -0.39 is 11.6 Å². The molecule has 4 nitrogen and oxygen atoms in total. The molecule has 0 heterocycles. The molecule has 0 saturated carbocycles. The Morgan fingerprint density at radius 2 is 1.33 bits per heavy atom. The van der Waals surface area contributed by atoms with Crippen LogP contribution in [0.5, 0.6) is 0 Å². The number of ether oxygens (including phenoxy) is 1. The number of aliphatic hydroxyl groups excluding tert-OH is 1. The van der Waals surface area contributed by atoms with Crippen LogP contribution in [0, 0.1) is 0 Å². The Balaban J connectivity index is 2.35. The highest BCUT2D eigenvalue weighted by atomic mass is 79.9. The molecule has 2 rings (SSSR count). The lowest BCUT2D eigenvalue weighted by molar-refractivity contribution is -0.293. The molecule has 9 heteroatoms. The summed E-state index contributed by atoms with van der Waals surface area (Å²) >= 11 is 16.2. The van der Waals surface area contributed by atoms with Crippen molar-refractivity contribution in [3.63, 3.8) is 0 Å². The number of aliphatic hydroxyl groups is 3. The van der Waals surface area contributed by atoms with Crippen molar-refractivity contribution < 1.29 is 20.1 Å². The Hall–Kier alpha value is 1.04. The van der Waals surface area contributed by atoms with Gasteiger partial charge in [0.15, 0.2) is 0 Å². The maximum atomic E-state index is 10.7. The van der Waals surface area contributed by atoms with Crippen LogP contribution in [0.3, 0.4) is 0 Å². The van der Waals surface area contributed by atoms with Crippen LogP contribution in [0.4, 0.5) is 0 Å². The van der Waals surface area contributed by atoms with Crippen molar-refractivity contribution in [2.45, 2.75) is 24.4 Å². The van der Waals surface area contributed by atoms with Crippen molar-refractivity contribution in [1.82, 2.24) is 0 Å². The third-order valence-electron chi connectivity index (χ3n) is 2.98. The second-order valence-corrected chi connectivity index (χ2v) is 8.56. The molecule has 116 valence electrons. The van der Waals surface area contributed by atoms with E-state index in [1.165, 1.54) is 0 Å². The Labute approximate surface area is 163 Å². The fraction of sp³-hybridized carbons (Fsp3) is 0.333. The van der Waals surface area contributed by atoms with E-state index in [1.54, 1.807) is 12.2 Å². The van der Waals surface area contributed by atoms with Crippen LogP contribution in [0.25, 0.3) is 0 Å². The van der Waals surface area contributed by atoms with Gasteiger partial charge in [0, 0.05) is 21.8 Å². The van der Waals surface area contributed by atoms with Crippen molar-refractivity contribution in [2.24, 2.45) is 0 Å². The largest absolute Gasteiger partial charge is 0.506 e. The molecule has 0 fully saturated rings. The van der Waals surface area contributed by atoms with Gasteiger partial charge in [-0.15, -0.1) is 0 Å². The highest BCUT2D eigenvalue weighted by molar-refractivity contribution is 9.16. The zero-order valence-corrected chi connectivity index (χ0v) is 18.1. The molecule has 0 aromatic rings. The first-order valence-corrected chi connectivity index (χ1v) is 9.59. The van der Waals surface area contributed by atoms with Gasteiger partial charge in [-0.2, -0.15) is 0 Å². The summed E-state index contributed by atoms with van der Waals surface area (Å²) in [6.45, 7) is 0. The van der Waals surface area contributed by atoms with Crippen molar-refractivity contribution in [3.8, 4) is 0 Å². The van der Waals surface area contributed by atoms with Crippen molar-refractivity contribution >= 4 is 79.6 Å². The molecule has 0 aromatic carbocycles. The van der Waals surface area contributed by atoms with E-state index in [4.69, 9.17) is 4.74 Å². The molecule has 21 heavy (non-hydrogen) atoms. The van der Waals surface area contributed by atoms with Crippen LogP contribution in [0.1, 0.15) is 12.8 Å². The zero-order chi connectivity index (χ0) is 16.0. The summed E-state index contributed by atoms with van der Waals surface area (Å²) in [5.74, 6) is -3.82. The van der Waals surface area contributed by atoms with Crippen LogP contribution in [-0.2, 0) is 4.74 Å². The summed E-state index contributed by atoms with van der Waals surface area (Å²) in [6, 6.07) is 0. The fourth-order valence-corrected chi connectivity index (χ4v) is 4.48. The van der Waals surface area contributed by atoms with Gasteiger partial charge in [-0.25, -0.2) is 0 Å². The van der Waals surface area contributed by atoms with E-state index in [0.717, 1.165) is 4.48 Å². The van der Waals surface area contributed by atoms with E-state index in [9.17, 15) is 15.3 Å². The van der Waals surface area contributed by atoms with Gasteiger partial charge >= 0.3 is 0 Å². The summed E-state index contributed by atoms with van der Waals surface area (Å²) in [5.41, 5.74) is 0. The standard InChI is InChI=1S/C12H9Br5O4/c13-5-1-3-11(19,9(16)7(5)15)21-12(20)4-2-6(14)8(18)10(12)17/h1-2,18-20H,3-4H2. The number of allylic oxidation sites excluding steroid dienone is 3. The average molecular weight is 617 g/mol. The average Bonchev–Trinajstić information content (AvgIpc) is 2.44. The molecule has 0 aromatic heterocycles. The highest BCUT2D eigenvalue weighted by Crippen LogP contribution is 2.47. The van der Waals surface area contributed by atoms with Gasteiger partial charge in [0.1, 0.15) is 5.76 Å². The lowest BCUT2D eigenvalue weighted by Gasteiger charge is -2.40. The third kappa shape index (κ3) is 3.45. The third-order valence-corrected chi connectivity index (χ3v) is 8.29.